The molecule has 13 nitrogen and oxygen atoms in total. The molecule has 1 aromatic rings. The van der Waals surface area contributed by atoms with Crippen LogP contribution in [0.25, 0.3) is 0 Å². The minimum Gasteiger partial charge on any atom is -0.465 e. The van der Waals surface area contributed by atoms with E-state index < -0.39 is 49.3 Å². The Kier molecular flexibility index (Phi) is 16.2. The van der Waals surface area contributed by atoms with Crippen molar-refractivity contribution >= 4 is 19.9 Å². The maximum atomic E-state index is 13.2. The SMILES string of the molecule is C#C.CCOC.CCOC(=O)C(C)NP(=O)(NC(C)C=O)OCC1C=CC(n2cc(C)c(=O)[nH]c2=O)O1. The number of nitrogens with one attached hydrogen (secondary N) is 3. The smallest absolute Gasteiger partial charge is 0.342 e. The Morgan fingerprint density at radius 2 is 1.86 bits per heavy atom. The number of H-pyrrole nitrogens is 1. The van der Waals surface area contributed by atoms with Crippen molar-refractivity contribution in [3.05, 3.63) is 44.8 Å². The summed E-state index contributed by atoms with van der Waals surface area (Å²) in [5, 5.41) is 5.08. The van der Waals surface area contributed by atoms with Crippen molar-refractivity contribution in [3.63, 3.8) is 0 Å². The minimum absolute atomic E-state index is 0.153. The molecule has 0 bridgehead atoms. The van der Waals surface area contributed by atoms with E-state index in [1.807, 2.05) is 6.92 Å². The molecular weight excluding hydrogens is 507 g/mol. The summed E-state index contributed by atoms with van der Waals surface area (Å²) in [5.74, 6) is -0.628. The zero-order valence-corrected chi connectivity index (χ0v) is 22.9. The first-order chi connectivity index (χ1) is 17.5. The maximum absolute atomic E-state index is 13.2. The van der Waals surface area contributed by atoms with E-state index in [1.54, 1.807) is 33.1 Å². The van der Waals surface area contributed by atoms with E-state index in [1.165, 1.54) is 24.6 Å². The predicted molar refractivity (Wildman–Crippen MR) is 138 cm³/mol. The lowest BCUT2D eigenvalue weighted by atomic mass is 10.3. The van der Waals surface area contributed by atoms with Crippen molar-refractivity contribution in [1.29, 1.82) is 0 Å². The molecular formula is C23H37N4O9P. The van der Waals surface area contributed by atoms with Gasteiger partial charge >= 0.3 is 19.3 Å². The molecule has 0 saturated carbocycles. The second-order valence-corrected chi connectivity index (χ2v) is 9.39. The number of hydrogen-bond acceptors (Lipinski definition) is 9. The van der Waals surface area contributed by atoms with E-state index in [0.717, 1.165) is 6.61 Å². The van der Waals surface area contributed by atoms with Gasteiger partial charge in [-0.1, -0.05) is 6.08 Å². The lowest BCUT2D eigenvalue weighted by Crippen LogP contribution is -2.40. The summed E-state index contributed by atoms with van der Waals surface area (Å²) in [4.78, 5) is 48.6. The fourth-order valence-electron chi connectivity index (χ4n) is 2.68. The predicted octanol–water partition coefficient (Wildman–Crippen LogP) is 1.04. The number of aromatic amines is 1. The molecule has 3 N–H and O–H groups in total. The fourth-order valence-corrected chi connectivity index (χ4v) is 4.47. The van der Waals surface area contributed by atoms with E-state index in [0.29, 0.717) is 11.8 Å². The normalized spacial score (nSPS) is 19.2. The molecule has 0 fully saturated rings. The Morgan fingerprint density at radius 3 is 2.41 bits per heavy atom. The second-order valence-electron chi connectivity index (χ2n) is 7.51. The molecule has 37 heavy (non-hydrogen) atoms. The van der Waals surface area contributed by atoms with Crippen LogP contribution in [0.15, 0.2) is 27.9 Å². The number of ether oxygens (including phenoxy) is 3. The maximum Gasteiger partial charge on any atom is 0.342 e. The highest BCUT2D eigenvalue weighted by atomic mass is 31.2. The highest BCUT2D eigenvalue weighted by molar-refractivity contribution is 7.54. The number of terminal acetylenes is 1. The zero-order chi connectivity index (χ0) is 28.6. The summed E-state index contributed by atoms with van der Waals surface area (Å²) >= 11 is 0. The van der Waals surface area contributed by atoms with Crippen LogP contribution in [-0.4, -0.2) is 66.9 Å². The topological polar surface area (TPSA) is 167 Å². The first-order valence-corrected chi connectivity index (χ1v) is 13.0. The van der Waals surface area contributed by atoms with Crippen molar-refractivity contribution in [2.24, 2.45) is 0 Å². The number of aryl methyl sites for hydroxylation is 1. The number of methoxy groups -OCH3 is 1. The molecule has 1 aliphatic rings. The lowest BCUT2D eigenvalue weighted by molar-refractivity contribution is -0.144. The van der Waals surface area contributed by atoms with Crippen LogP contribution in [0.5, 0.6) is 0 Å². The molecule has 2 heterocycles. The highest BCUT2D eigenvalue weighted by Crippen LogP contribution is 2.39. The number of hydrogen-bond donors (Lipinski definition) is 3. The quantitative estimate of drug-likeness (QED) is 0.113. The zero-order valence-electron chi connectivity index (χ0n) is 22.0. The second kappa shape index (κ2) is 17.6. The van der Waals surface area contributed by atoms with Crippen LogP contribution >= 0.6 is 7.67 Å². The minimum atomic E-state index is -3.86. The van der Waals surface area contributed by atoms with E-state index in [2.05, 4.69) is 32.7 Å². The lowest BCUT2D eigenvalue weighted by Gasteiger charge is -2.26. The van der Waals surface area contributed by atoms with Crippen LogP contribution in [0.1, 0.15) is 39.5 Å². The molecule has 2 rings (SSSR count). The molecule has 0 aliphatic carbocycles. The van der Waals surface area contributed by atoms with Gasteiger partial charge in [-0.3, -0.25) is 23.7 Å². The molecule has 5 atom stereocenters. The van der Waals surface area contributed by atoms with Crippen molar-refractivity contribution in [1.82, 2.24) is 19.7 Å². The van der Waals surface area contributed by atoms with Gasteiger partial charge in [0.1, 0.15) is 18.4 Å². The fraction of sp³-hybridized carbons (Fsp3) is 0.565. The van der Waals surface area contributed by atoms with Gasteiger partial charge in [-0.25, -0.2) is 15.0 Å². The van der Waals surface area contributed by atoms with Gasteiger partial charge in [0.25, 0.3) is 5.56 Å². The Morgan fingerprint density at radius 1 is 1.24 bits per heavy atom. The summed E-state index contributed by atoms with van der Waals surface area (Å²) < 4.78 is 35.0. The molecule has 14 heteroatoms. The third-order valence-electron chi connectivity index (χ3n) is 4.52. The van der Waals surface area contributed by atoms with Gasteiger partial charge in [-0.05, 0) is 40.7 Å². The number of esters is 1. The third-order valence-corrected chi connectivity index (χ3v) is 6.50. The van der Waals surface area contributed by atoms with Crippen molar-refractivity contribution in [3.8, 4) is 12.8 Å². The Labute approximate surface area is 216 Å². The Bertz CT molecular complexity index is 1060. The van der Waals surface area contributed by atoms with E-state index in [4.69, 9.17) is 14.0 Å². The van der Waals surface area contributed by atoms with Crippen molar-refractivity contribution in [2.45, 2.75) is 59.0 Å². The highest BCUT2D eigenvalue weighted by Gasteiger charge is 2.32. The van der Waals surface area contributed by atoms with Crippen LogP contribution in [0.3, 0.4) is 0 Å². The molecule has 0 saturated heterocycles. The number of aldehydes is 1. The monoisotopic (exact) mass is 544 g/mol. The van der Waals surface area contributed by atoms with Crippen molar-refractivity contribution in [2.75, 3.05) is 26.9 Å². The average molecular weight is 545 g/mol. The molecule has 208 valence electrons. The van der Waals surface area contributed by atoms with E-state index >= 15 is 0 Å². The van der Waals surface area contributed by atoms with E-state index in [9.17, 15) is 23.7 Å². The summed E-state index contributed by atoms with van der Waals surface area (Å²) in [7, 11) is -2.18. The standard InChI is InChI=1S/C18H27N4O8P.C3H8O.C2H2/c1-5-28-17(25)13(4)21-31(27,20-12(3)9-23)29-10-14-6-7-15(30-14)22-8-11(2)16(24)19-18(22)26;1-3-4-2;1-2/h6-9,12-15H,5,10H2,1-4H3,(H,19,24,26)(H2,20,21,27);3H2,1-2H3;1-2H. The summed E-state index contributed by atoms with van der Waals surface area (Å²) in [6.45, 7) is 8.85. The molecule has 1 aromatic heterocycles. The van der Waals surface area contributed by atoms with Crippen LogP contribution in [0.4, 0.5) is 0 Å². The first-order valence-electron chi connectivity index (χ1n) is 11.4. The number of nitrogens with zero attached hydrogens (tertiary/aromatic N) is 1. The molecule has 1 aliphatic heterocycles. The summed E-state index contributed by atoms with van der Waals surface area (Å²) in [6.07, 6.45) is 11.7. The van der Waals surface area contributed by atoms with Gasteiger partial charge in [0.15, 0.2) is 6.23 Å². The summed E-state index contributed by atoms with van der Waals surface area (Å²) in [5.41, 5.74) is -0.782. The van der Waals surface area contributed by atoms with Crippen LogP contribution in [0.2, 0.25) is 0 Å². The van der Waals surface area contributed by atoms with Gasteiger partial charge in [-0.2, -0.15) is 0 Å². The third kappa shape index (κ3) is 11.8. The molecule has 0 spiro atoms. The van der Waals surface area contributed by atoms with Crippen molar-refractivity contribution < 1.29 is 32.9 Å². The molecule has 0 aromatic carbocycles. The largest absolute Gasteiger partial charge is 0.465 e. The number of aromatic nitrogens is 2. The Balaban J connectivity index is 0.00000196. The van der Waals surface area contributed by atoms with Gasteiger partial charge in [-0.15, -0.1) is 12.8 Å². The van der Waals surface area contributed by atoms with Gasteiger partial charge in [0, 0.05) is 25.5 Å². The number of carbonyl (C=O) groups excluding carboxylic acids is 2. The van der Waals surface area contributed by atoms with E-state index in [-0.39, 0.29) is 13.2 Å². The molecule has 0 radical (unpaired) electrons. The molecule has 0 amide bonds. The number of rotatable bonds is 12. The van der Waals surface area contributed by atoms with Gasteiger partial charge < -0.3 is 23.5 Å². The van der Waals surface area contributed by atoms with Gasteiger partial charge in [0.2, 0.25) is 0 Å². The average Bonchev–Trinajstić information content (AvgIpc) is 3.35. The van der Waals surface area contributed by atoms with Gasteiger partial charge in [0.05, 0.1) is 19.3 Å². The van der Waals surface area contributed by atoms with Crippen LogP contribution < -0.4 is 21.4 Å². The first kappa shape index (κ1) is 34.1. The summed E-state index contributed by atoms with van der Waals surface area (Å²) in [6, 6.07) is -1.78. The Hall–Kier alpha value is -2.85. The van der Waals surface area contributed by atoms with Crippen LogP contribution in [-0.2, 0) is 32.9 Å². The number of carbonyl (C=O) groups is 2. The molecule has 5 unspecified atom stereocenters. The van der Waals surface area contributed by atoms with Crippen LogP contribution in [0, 0.1) is 19.8 Å².